The fourth-order valence-corrected chi connectivity index (χ4v) is 4.21. The minimum absolute atomic E-state index is 0.0845. The molecule has 1 fully saturated rings. The number of likely N-dealkylation sites (tertiary alicyclic amines) is 1. The van der Waals surface area contributed by atoms with Crippen LogP contribution in [0.25, 0.3) is 22.0 Å². The Bertz CT molecular complexity index is 1510. The molecular formula is C25H19F2N3O4. The second kappa shape index (κ2) is 8.26. The number of fused-ring (bicyclic) bond motifs is 1. The van der Waals surface area contributed by atoms with Gasteiger partial charge >= 0.3 is 0 Å². The third-order valence-corrected chi connectivity index (χ3v) is 5.84. The third-order valence-electron chi connectivity index (χ3n) is 5.84. The van der Waals surface area contributed by atoms with E-state index >= 15 is 0 Å². The topological polar surface area (TPSA) is 84.4 Å². The molecule has 0 bridgehead atoms. The zero-order chi connectivity index (χ0) is 24.0. The number of rotatable bonds is 5. The molecule has 7 nitrogen and oxygen atoms in total. The number of pyridine rings is 1. The first-order valence-corrected chi connectivity index (χ1v) is 10.6. The number of hydrogen-bond acceptors (Lipinski definition) is 4. The van der Waals surface area contributed by atoms with Crippen LogP contribution in [0.2, 0.25) is 0 Å². The first-order valence-electron chi connectivity index (χ1n) is 10.6. The third kappa shape index (κ3) is 3.75. The highest BCUT2D eigenvalue weighted by Gasteiger charge is 2.29. The van der Waals surface area contributed by atoms with Crippen molar-refractivity contribution in [2.45, 2.75) is 19.4 Å². The van der Waals surface area contributed by atoms with Gasteiger partial charge in [0.1, 0.15) is 17.1 Å². The summed E-state index contributed by atoms with van der Waals surface area (Å²) in [5, 5.41) is 0.640. The molecule has 2 aromatic carbocycles. The predicted molar refractivity (Wildman–Crippen MR) is 120 cm³/mol. The number of benzene rings is 2. The van der Waals surface area contributed by atoms with E-state index in [1.54, 1.807) is 42.1 Å². The van der Waals surface area contributed by atoms with Gasteiger partial charge in [-0.2, -0.15) is 0 Å². The van der Waals surface area contributed by atoms with E-state index in [0.29, 0.717) is 27.6 Å². The van der Waals surface area contributed by atoms with Crippen LogP contribution in [0.4, 0.5) is 8.78 Å². The van der Waals surface area contributed by atoms with E-state index in [4.69, 9.17) is 4.74 Å². The fourth-order valence-electron chi connectivity index (χ4n) is 4.21. The largest absolute Gasteiger partial charge is 0.454 e. The zero-order valence-electron chi connectivity index (χ0n) is 18.1. The normalized spacial score (nSPS) is 13.8. The summed E-state index contributed by atoms with van der Waals surface area (Å²) in [6.45, 7) is 0.0845. The van der Waals surface area contributed by atoms with E-state index in [9.17, 15) is 23.2 Å². The van der Waals surface area contributed by atoms with Gasteiger partial charge in [0, 0.05) is 54.9 Å². The summed E-state index contributed by atoms with van der Waals surface area (Å²) in [4.78, 5) is 40.4. The van der Waals surface area contributed by atoms with Gasteiger partial charge in [-0.1, -0.05) is 6.07 Å². The van der Waals surface area contributed by atoms with Gasteiger partial charge in [-0.05, 0) is 35.9 Å². The van der Waals surface area contributed by atoms with Crippen LogP contribution in [0.15, 0.2) is 59.7 Å². The summed E-state index contributed by atoms with van der Waals surface area (Å²) in [6, 6.07) is 9.78. The lowest BCUT2D eigenvalue weighted by molar-refractivity contribution is -0.139. The molecule has 5 rings (SSSR count). The van der Waals surface area contributed by atoms with Crippen molar-refractivity contribution in [2.75, 3.05) is 0 Å². The molecule has 3 heterocycles. The molecular weight excluding hydrogens is 444 g/mol. The van der Waals surface area contributed by atoms with Gasteiger partial charge in [0.25, 0.3) is 5.56 Å². The molecule has 1 aliphatic rings. The van der Waals surface area contributed by atoms with Gasteiger partial charge < -0.3 is 14.3 Å². The average molecular weight is 463 g/mol. The van der Waals surface area contributed by atoms with Crippen LogP contribution >= 0.6 is 0 Å². The molecule has 0 atom stereocenters. The van der Waals surface area contributed by atoms with E-state index in [-0.39, 0.29) is 48.3 Å². The molecule has 34 heavy (non-hydrogen) atoms. The SMILES string of the molecule is Cn1cc(-c2cc(CN3C(=O)CCC3=O)ccc2Oc2ccc(F)cc2F)c2cc[nH]c(=O)c21. The second-order valence-corrected chi connectivity index (χ2v) is 8.10. The monoisotopic (exact) mass is 463 g/mol. The van der Waals surface area contributed by atoms with Crippen molar-refractivity contribution in [3.63, 3.8) is 0 Å². The maximum Gasteiger partial charge on any atom is 0.272 e. The van der Waals surface area contributed by atoms with Crippen LogP contribution < -0.4 is 10.3 Å². The molecule has 0 unspecified atom stereocenters. The molecule has 1 aliphatic heterocycles. The minimum Gasteiger partial charge on any atom is -0.454 e. The van der Waals surface area contributed by atoms with Crippen LogP contribution in [0, 0.1) is 11.6 Å². The van der Waals surface area contributed by atoms with Gasteiger partial charge in [-0.15, -0.1) is 0 Å². The maximum absolute atomic E-state index is 14.3. The van der Waals surface area contributed by atoms with E-state index in [0.717, 1.165) is 12.1 Å². The lowest BCUT2D eigenvalue weighted by Gasteiger charge is -2.17. The second-order valence-electron chi connectivity index (χ2n) is 8.10. The number of hydrogen-bond donors (Lipinski definition) is 1. The highest BCUT2D eigenvalue weighted by molar-refractivity contribution is 6.02. The maximum atomic E-state index is 14.3. The smallest absolute Gasteiger partial charge is 0.272 e. The number of imide groups is 1. The Hall–Kier alpha value is -4.27. The molecule has 0 saturated carbocycles. The first-order chi connectivity index (χ1) is 16.3. The number of aromatic amines is 1. The van der Waals surface area contributed by atoms with E-state index in [2.05, 4.69) is 4.98 Å². The lowest BCUT2D eigenvalue weighted by atomic mass is 10.0. The van der Waals surface area contributed by atoms with Crippen molar-refractivity contribution in [3.8, 4) is 22.6 Å². The van der Waals surface area contributed by atoms with Crippen molar-refractivity contribution in [2.24, 2.45) is 7.05 Å². The van der Waals surface area contributed by atoms with Crippen molar-refractivity contribution < 1.29 is 23.1 Å². The Morgan fingerprint density at radius 2 is 1.68 bits per heavy atom. The number of amides is 2. The molecule has 0 radical (unpaired) electrons. The summed E-state index contributed by atoms with van der Waals surface area (Å²) in [7, 11) is 1.73. The number of halogens is 2. The van der Waals surface area contributed by atoms with E-state index < -0.39 is 11.6 Å². The summed E-state index contributed by atoms with van der Waals surface area (Å²) < 4.78 is 35.2. The quantitative estimate of drug-likeness (QED) is 0.449. The standard InChI is InChI=1S/C25H19F2N3O4/c1-29-13-18(16-8-9-28-25(33)24(16)29)17-10-14(12-30-22(31)6-7-23(30)32)2-4-20(17)34-21-5-3-15(26)11-19(21)27/h2-5,8-11,13H,6-7,12H2,1H3,(H,28,33). The molecule has 4 aromatic rings. The number of carbonyl (C=O) groups is 2. The Kier molecular flexibility index (Phi) is 5.24. The molecule has 1 saturated heterocycles. The number of nitrogens with one attached hydrogen (secondary N) is 1. The molecule has 0 aliphatic carbocycles. The Balaban J connectivity index is 1.65. The summed E-state index contributed by atoms with van der Waals surface area (Å²) in [5.41, 5.74) is 1.99. The highest BCUT2D eigenvalue weighted by Crippen LogP contribution is 2.39. The van der Waals surface area contributed by atoms with Crippen LogP contribution in [-0.4, -0.2) is 26.3 Å². The number of aromatic nitrogens is 2. The molecule has 9 heteroatoms. The molecule has 1 N–H and O–H groups in total. The van der Waals surface area contributed by atoms with Crippen LogP contribution in [0.5, 0.6) is 11.5 Å². The first kappa shape index (κ1) is 21.6. The fraction of sp³-hybridized carbons (Fsp3) is 0.160. The number of ether oxygens (including phenoxy) is 1. The van der Waals surface area contributed by atoms with Gasteiger partial charge in [-0.25, -0.2) is 8.78 Å². The van der Waals surface area contributed by atoms with Gasteiger partial charge in [-0.3, -0.25) is 19.3 Å². The number of H-pyrrole nitrogens is 1. The molecule has 2 aromatic heterocycles. The lowest BCUT2D eigenvalue weighted by Crippen LogP contribution is -2.28. The van der Waals surface area contributed by atoms with E-state index in [1.165, 1.54) is 17.2 Å². The Labute approximate surface area is 192 Å². The molecule has 172 valence electrons. The zero-order valence-corrected chi connectivity index (χ0v) is 18.1. The Morgan fingerprint density at radius 3 is 2.41 bits per heavy atom. The summed E-state index contributed by atoms with van der Waals surface area (Å²) in [6.07, 6.45) is 3.64. The van der Waals surface area contributed by atoms with Crippen molar-refractivity contribution in [3.05, 3.63) is 82.4 Å². The average Bonchev–Trinajstić information content (AvgIpc) is 3.31. The number of carbonyl (C=O) groups excluding carboxylic acids is 2. The van der Waals surface area contributed by atoms with Crippen LogP contribution in [0.1, 0.15) is 18.4 Å². The minimum atomic E-state index is -0.863. The van der Waals surface area contributed by atoms with Crippen molar-refractivity contribution in [1.82, 2.24) is 14.5 Å². The van der Waals surface area contributed by atoms with Crippen LogP contribution in [0.3, 0.4) is 0 Å². The Morgan fingerprint density at radius 1 is 0.941 bits per heavy atom. The van der Waals surface area contributed by atoms with Crippen molar-refractivity contribution in [1.29, 1.82) is 0 Å². The van der Waals surface area contributed by atoms with Gasteiger partial charge in [0.15, 0.2) is 11.6 Å². The van der Waals surface area contributed by atoms with Crippen LogP contribution in [-0.2, 0) is 23.2 Å². The van der Waals surface area contributed by atoms with Gasteiger partial charge in [0.05, 0.1) is 6.54 Å². The van der Waals surface area contributed by atoms with Crippen molar-refractivity contribution >= 4 is 22.7 Å². The molecule has 2 amide bonds. The number of aryl methyl sites for hydroxylation is 1. The van der Waals surface area contributed by atoms with E-state index in [1.807, 2.05) is 0 Å². The van der Waals surface area contributed by atoms with Gasteiger partial charge in [0.2, 0.25) is 11.8 Å². The summed E-state index contributed by atoms with van der Waals surface area (Å²) in [5.74, 6) is -1.97. The molecule has 0 spiro atoms. The number of nitrogens with zero attached hydrogens (tertiary/aromatic N) is 2. The predicted octanol–water partition coefficient (Wildman–Crippen LogP) is 4.25. The summed E-state index contributed by atoms with van der Waals surface area (Å²) >= 11 is 0. The highest BCUT2D eigenvalue weighted by atomic mass is 19.1.